The number of hydrogen-bond acceptors (Lipinski definition) is 3. The van der Waals surface area contributed by atoms with E-state index >= 15 is 0 Å². The van der Waals surface area contributed by atoms with Crippen molar-refractivity contribution in [2.24, 2.45) is 23.5 Å². The summed E-state index contributed by atoms with van der Waals surface area (Å²) in [6, 6.07) is 0. The minimum absolute atomic E-state index is 0.0706. The Morgan fingerprint density at radius 2 is 1.31 bits per heavy atom. The van der Waals surface area contributed by atoms with Crippen molar-refractivity contribution in [3.8, 4) is 0 Å². The van der Waals surface area contributed by atoms with Gasteiger partial charge in [0.05, 0.1) is 0 Å². The highest BCUT2D eigenvalue weighted by Gasteiger charge is 2.34. The molecular formula is C12H23N3O. The zero-order chi connectivity index (χ0) is 11.4. The van der Waals surface area contributed by atoms with Gasteiger partial charge >= 0.3 is 0 Å². The van der Waals surface area contributed by atoms with Crippen molar-refractivity contribution in [1.29, 1.82) is 0 Å². The number of rotatable bonds is 3. The molecule has 2 heterocycles. The number of carbonyl (C=O) groups is 1. The summed E-state index contributed by atoms with van der Waals surface area (Å²) < 4.78 is 0. The zero-order valence-corrected chi connectivity index (χ0v) is 9.87. The second kappa shape index (κ2) is 5.64. The van der Waals surface area contributed by atoms with Gasteiger partial charge in [-0.25, -0.2) is 0 Å². The monoisotopic (exact) mass is 225 g/mol. The second-order valence-corrected chi connectivity index (χ2v) is 5.10. The van der Waals surface area contributed by atoms with Crippen LogP contribution in [0.5, 0.6) is 0 Å². The first kappa shape index (κ1) is 11.9. The van der Waals surface area contributed by atoms with Gasteiger partial charge in [-0.3, -0.25) is 4.79 Å². The summed E-state index contributed by atoms with van der Waals surface area (Å²) >= 11 is 0. The Labute approximate surface area is 97.3 Å². The van der Waals surface area contributed by atoms with Crippen LogP contribution in [0.3, 0.4) is 0 Å². The van der Waals surface area contributed by atoms with E-state index in [1.165, 1.54) is 0 Å². The second-order valence-electron chi connectivity index (χ2n) is 5.10. The standard InChI is InChI=1S/C12H23N3O/c13-12(16)11(9-1-5-14-6-2-9)10-3-7-15-8-4-10/h9-11,14-15H,1-8H2,(H2,13,16). The van der Waals surface area contributed by atoms with Crippen molar-refractivity contribution in [1.82, 2.24) is 10.6 Å². The smallest absolute Gasteiger partial charge is 0.221 e. The van der Waals surface area contributed by atoms with Gasteiger partial charge in [0.2, 0.25) is 5.91 Å². The van der Waals surface area contributed by atoms with Crippen LogP contribution in [0.4, 0.5) is 0 Å². The molecule has 2 aliphatic heterocycles. The Balaban J connectivity index is 1.99. The van der Waals surface area contributed by atoms with Crippen molar-refractivity contribution >= 4 is 5.91 Å². The third-order valence-electron chi connectivity index (χ3n) is 4.11. The van der Waals surface area contributed by atoms with Gasteiger partial charge in [0.25, 0.3) is 0 Å². The maximum atomic E-state index is 11.7. The molecule has 4 heteroatoms. The number of nitrogens with two attached hydrogens (primary N) is 1. The third kappa shape index (κ3) is 2.74. The molecule has 2 rings (SSSR count). The van der Waals surface area contributed by atoms with Crippen LogP contribution in [0.15, 0.2) is 0 Å². The van der Waals surface area contributed by atoms with Gasteiger partial charge in [0.1, 0.15) is 0 Å². The molecule has 0 aromatic carbocycles. The fourth-order valence-electron chi connectivity index (χ4n) is 3.26. The summed E-state index contributed by atoms with van der Waals surface area (Å²) in [5.41, 5.74) is 5.62. The molecule has 0 spiro atoms. The molecule has 0 saturated carbocycles. The van der Waals surface area contributed by atoms with Crippen molar-refractivity contribution in [2.75, 3.05) is 26.2 Å². The van der Waals surface area contributed by atoms with E-state index in [9.17, 15) is 4.79 Å². The predicted octanol–water partition coefficient (Wildman–Crippen LogP) is 0.0871. The van der Waals surface area contributed by atoms with E-state index in [1.807, 2.05) is 0 Å². The van der Waals surface area contributed by atoms with Gasteiger partial charge in [0, 0.05) is 5.92 Å². The van der Waals surface area contributed by atoms with Crippen LogP contribution < -0.4 is 16.4 Å². The summed E-state index contributed by atoms with van der Waals surface area (Å²) in [6.45, 7) is 4.16. The number of hydrogen-bond donors (Lipinski definition) is 3. The minimum Gasteiger partial charge on any atom is -0.369 e. The van der Waals surface area contributed by atoms with E-state index in [0.29, 0.717) is 11.8 Å². The van der Waals surface area contributed by atoms with E-state index in [-0.39, 0.29) is 11.8 Å². The highest BCUT2D eigenvalue weighted by atomic mass is 16.1. The highest BCUT2D eigenvalue weighted by molar-refractivity contribution is 5.77. The molecule has 4 N–H and O–H groups in total. The number of primary amides is 1. The van der Waals surface area contributed by atoms with Gasteiger partial charge in [-0.05, 0) is 63.7 Å². The fourth-order valence-corrected chi connectivity index (χ4v) is 3.26. The molecule has 2 aliphatic rings. The summed E-state index contributed by atoms with van der Waals surface area (Å²) in [7, 11) is 0. The largest absolute Gasteiger partial charge is 0.369 e. The Morgan fingerprint density at radius 3 is 1.62 bits per heavy atom. The lowest BCUT2D eigenvalue weighted by Crippen LogP contribution is -2.44. The maximum absolute atomic E-state index is 11.7. The van der Waals surface area contributed by atoms with Gasteiger partial charge in [-0.15, -0.1) is 0 Å². The first-order chi connectivity index (χ1) is 7.79. The Kier molecular flexibility index (Phi) is 4.18. The lowest BCUT2D eigenvalue weighted by atomic mass is 9.73. The van der Waals surface area contributed by atoms with Crippen molar-refractivity contribution in [3.63, 3.8) is 0 Å². The fraction of sp³-hybridized carbons (Fsp3) is 0.917. The molecule has 4 nitrogen and oxygen atoms in total. The zero-order valence-electron chi connectivity index (χ0n) is 9.87. The summed E-state index contributed by atoms with van der Waals surface area (Å²) in [6.07, 6.45) is 4.43. The first-order valence-electron chi connectivity index (χ1n) is 6.50. The number of carbonyl (C=O) groups excluding carboxylic acids is 1. The van der Waals surface area contributed by atoms with Crippen LogP contribution in [0.25, 0.3) is 0 Å². The van der Waals surface area contributed by atoms with Crippen LogP contribution in [-0.4, -0.2) is 32.1 Å². The van der Waals surface area contributed by atoms with E-state index < -0.39 is 0 Å². The lowest BCUT2D eigenvalue weighted by Gasteiger charge is -2.36. The lowest BCUT2D eigenvalue weighted by molar-refractivity contribution is -0.126. The highest BCUT2D eigenvalue weighted by Crippen LogP contribution is 2.32. The van der Waals surface area contributed by atoms with Crippen molar-refractivity contribution < 1.29 is 4.79 Å². The van der Waals surface area contributed by atoms with Crippen LogP contribution in [-0.2, 0) is 4.79 Å². The van der Waals surface area contributed by atoms with Crippen molar-refractivity contribution in [3.05, 3.63) is 0 Å². The molecule has 16 heavy (non-hydrogen) atoms. The van der Waals surface area contributed by atoms with E-state index in [1.54, 1.807) is 0 Å². The number of nitrogens with one attached hydrogen (secondary N) is 2. The average Bonchev–Trinajstić information content (AvgIpc) is 2.31. The van der Waals surface area contributed by atoms with Crippen LogP contribution in [0.2, 0.25) is 0 Å². The molecule has 92 valence electrons. The molecule has 0 radical (unpaired) electrons. The Bertz CT molecular complexity index is 214. The molecule has 0 aliphatic carbocycles. The van der Waals surface area contributed by atoms with E-state index in [2.05, 4.69) is 10.6 Å². The average molecular weight is 225 g/mol. The van der Waals surface area contributed by atoms with E-state index in [4.69, 9.17) is 5.73 Å². The minimum atomic E-state index is -0.0706. The van der Waals surface area contributed by atoms with Gasteiger partial charge in [-0.1, -0.05) is 0 Å². The SMILES string of the molecule is NC(=O)C(C1CCNCC1)C1CCNCC1. The predicted molar refractivity (Wildman–Crippen MR) is 63.9 cm³/mol. The number of amides is 1. The van der Waals surface area contributed by atoms with Crippen molar-refractivity contribution in [2.45, 2.75) is 25.7 Å². The Morgan fingerprint density at radius 1 is 0.938 bits per heavy atom. The van der Waals surface area contributed by atoms with Gasteiger partial charge in [0.15, 0.2) is 0 Å². The number of piperidine rings is 2. The molecule has 0 aromatic heterocycles. The maximum Gasteiger partial charge on any atom is 0.221 e. The molecular weight excluding hydrogens is 202 g/mol. The summed E-state index contributed by atoms with van der Waals surface area (Å²) in [5.74, 6) is 1.08. The van der Waals surface area contributed by atoms with Gasteiger partial charge < -0.3 is 16.4 Å². The molecule has 0 unspecified atom stereocenters. The van der Waals surface area contributed by atoms with E-state index in [0.717, 1.165) is 51.9 Å². The van der Waals surface area contributed by atoms with Crippen LogP contribution >= 0.6 is 0 Å². The quantitative estimate of drug-likeness (QED) is 0.637. The molecule has 0 aromatic rings. The Hall–Kier alpha value is -0.610. The molecule has 0 bridgehead atoms. The third-order valence-corrected chi connectivity index (χ3v) is 4.11. The summed E-state index contributed by atoms with van der Waals surface area (Å²) in [4.78, 5) is 11.7. The van der Waals surface area contributed by atoms with Crippen LogP contribution in [0, 0.1) is 17.8 Å². The molecule has 0 atom stereocenters. The van der Waals surface area contributed by atoms with Gasteiger partial charge in [-0.2, -0.15) is 0 Å². The molecule has 2 saturated heterocycles. The molecule has 2 fully saturated rings. The summed E-state index contributed by atoms with van der Waals surface area (Å²) in [5, 5.41) is 6.69. The normalized spacial score (nSPS) is 24.8. The first-order valence-corrected chi connectivity index (χ1v) is 6.50. The van der Waals surface area contributed by atoms with Crippen LogP contribution in [0.1, 0.15) is 25.7 Å². The topological polar surface area (TPSA) is 67.2 Å². The molecule has 1 amide bonds.